The number of amides is 2. The van der Waals surface area contributed by atoms with Crippen molar-refractivity contribution in [3.8, 4) is 0 Å². The number of hydrogen-bond donors (Lipinski definition) is 2. The highest BCUT2D eigenvalue weighted by Gasteiger charge is 2.25. The Morgan fingerprint density at radius 3 is 2.21 bits per heavy atom. The van der Waals surface area contributed by atoms with Crippen LogP contribution in [0, 0.1) is 0 Å². The van der Waals surface area contributed by atoms with Crippen molar-refractivity contribution in [1.82, 2.24) is 4.90 Å². The zero-order valence-corrected chi connectivity index (χ0v) is 16.8. The van der Waals surface area contributed by atoms with Crippen LogP contribution in [-0.2, 0) is 26.0 Å². The van der Waals surface area contributed by atoms with Gasteiger partial charge in [0.25, 0.3) is 0 Å². The molecular weight excluding hydrogens is 378 g/mol. The molecule has 2 rings (SSSR count). The molecule has 0 heterocycles. The molecule has 0 aliphatic carbocycles. The van der Waals surface area contributed by atoms with Crippen molar-refractivity contribution in [2.45, 2.75) is 37.6 Å². The Kier molecular flexibility index (Phi) is 7.31. The Hall–Kier alpha value is -2.71. The maximum Gasteiger partial charge on any atom is 0.246 e. The Morgan fingerprint density at radius 2 is 1.68 bits per heavy atom. The van der Waals surface area contributed by atoms with Crippen LogP contribution in [0.15, 0.2) is 59.5 Å². The average Bonchev–Trinajstić information content (AvgIpc) is 2.66. The predicted molar refractivity (Wildman–Crippen MR) is 108 cm³/mol. The number of carbonyl (C=O) groups excluding carboxylic acids is 2. The van der Waals surface area contributed by atoms with Gasteiger partial charge in [-0.25, -0.2) is 13.6 Å². The van der Waals surface area contributed by atoms with E-state index in [9.17, 15) is 18.0 Å². The van der Waals surface area contributed by atoms with Gasteiger partial charge in [0.15, 0.2) is 0 Å². The van der Waals surface area contributed by atoms with Crippen molar-refractivity contribution in [2.24, 2.45) is 5.14 Å². The quantitative estimate of drug-likeness (QED) is 0.704. The Labute approximate surface area is 165 Å². The third-order valence-electron chi connectivity index (χ3n) is 4.28. The first kappa shape index (κ1) is 21.6. The minimum atomic E-state index is -3.78. The van der Waals surface area contributed by atoms with Crippen molar-refractivity contribution in [2.75, 3.05) is 11.9 Å². The second-order valence-corrected chi connectivity index (χ2v) is 8.05. The summed E-state index contributed by atoms with van der Waals surface area (Å²) in [4.78, 5) is 26.9. The van der Waals surface area contributed by atoms with E-state index < -0.39 is 16.1 Å². The molecule has 150 valence electrons. The largest absolute Gasteiger partial charge is 0.331 e. The van der Waals surface area contributed by atoms with Gasteiger partial charge in [-0.05, 0) is 43.2 Å². The summed E-state index contributed by atoms with van der Waals surface area (Å²) >= 11 is 0. The van der Waals surface area contributed by atoms with E-state index in [1.165, 1.54) is 17.0 Å². The molecule has 0 saturated heterocycles. The number of para-hydroxylation sites is 1. The number of hydrogen-bond acceptors (Lipinski definition) is 4. The second-order valence-electron chi connectivity index (χ2n) is 6.48. The summed E-state index contributed by atoms with van der Waals surface area (Å²) in [5, 5.41) is 7.89. The van der Waals surface area contributed by atoms with Gasteiger partial charge in [-0.3, -0.25) is 9.59 Å². The molecule has 7 nitrogen and oxygen atoms in total. The molecule has 0 aromatic heterocycles. The number of benzene rings is 2. The summed E-state index contributed by atoms with van der Waals surface area (Å²) in [5.74, 6) is -0.474. The summed E-state index contributed by atoms with van der Waals surface area (Å²) < 4.78 is 22.7. The van der Waals surface area contributed by atoms with E-state index in [2.05, 4.69) is 5.32 Å². The summed E-state index contributed by atoms with van der Waals surface area (Å²) in [6.07, 6.45) is 0.771. The summed E-state index contributed by atoms with van der Waals surface area (Å²) in [5.41, 5.74) is 1.32. The van der Waals surface area contributed by atoms with E-state index in [-0.39, 0.29) is 23.1 Å². The third-order valence-corrected chi connectivity index (χ3v) is 5.21. The van der Waals surface area contributed by atoms with E-state index in [1.807, 2.05) is 25.1 Å². The Morgan fingerprint density at radius 1 is 1.07 bits per heavy atom. The molecule has 0 bridgehead atoms. The molecule has 0 aliphatic heterocycles. The van der Waals surface area contributed by atoms with Crippen LogP contribution in [0.2, 0.25) is 0 Å². The SMILES string of the molecule is CCCN(C(=O)Cc1ccc(S(N)(=O)=O)cc1)C(C)C(=O)Nc1ccccc1. The van der Waals surface area contributed by atoms with Crippen molar-refractivity contribution in [1.29, 1.82) is 0 Å². The molecule has 1 atom stereocenters. The van der Waals surface area contributed by atoms with Crippen LogP contribution >= 0.6 is 0 Å². The molecule has 0 fully saturated rings. The molecule has 0 radical (unpaired) electrons. The number of rotatable bonds is 8. The van der Waals surface area contributed by atoms with E-state index in [0.717, 1.165) is 0 Å². The first-order chi connectivity index (χ1) is 13.2. The molecule has 28 heavy (non-hydrogen) atoms. The number of anilines is 1. The van der Waals surface area contributed by atoms with Gasteiger partial charge in [-0.2, -0.15) is 0 Å². The Bertz CT molecular complexity index is 912. The van der Waals surface area contributed by atoms with Gasteiger partial charge in [-0.1, -0.05) is 37.3 Å². The van der Waals surface area contributed by atoms with Gasteiger partial charge in [0.1, 0.15) is 6.04 Å². The zero-order valence-electron chi connectivity index (χ0n) is 16.0. The van der Waals surface area contributed by atoms with Crippen LogP contribution in [-0.4, -0.2) is 37.7 Å². The van der Waals surface area contributed by atoms with Crippen molar-refractivity contribution < 1.29 is 18.0 Å². The van der Waals surface area contributed by atoms with Gasteiger partial charge < -0.3 is 10.2 Å². The molecule has 8 heteroatoms. The molecule has 3 N–H and O–H groups in total. The smallest absolute Gasteiger partial charge is 0.246 e. The third kappa shape index (κ3) is 5.90. The van der Waals surface area contributed by atoms with Crippen LogP contribution in [0.3, 0.4) is 0 Å². The monoisotopic (exact) mass is 403 g/mol. The fraction of sp³-hybridized carbons (Fsp3) is 0.300. The lowest BCUT2D eigenvalue weighted by Crippen LogP contribution is -2.46. The number of nitrogens with one attached hydrogen (secondary N) is 1. The highest BCUT2D eigenvalue weighted by Crippen LogP contribution is 2.13. The first-order valence-electron chi connectivity index (χ1n) is 8.99. The summed E-state index contributed by atoms with van der Waals surface area (Å²) in [6, 6.07) is 14.3. The van der Waals surface area contributed by atoms with Gasteiger partial charge in [0, 0.05) is 12.2 Å². The van der Waals surface area contributed by atoms with Gasteiger partial charge in [0.2, 0.25) is 21.8 Å². The van der Waals surface area contributed by atoms with Crippen molar-refractivity contribution in [3.63, 3.8) is 0 Å². The molecular formula is C20H25N3O4S. The van der Waals surface area contributed by atoms with E-state index >= 15 is 0 Å². The maximum absolute atomic E-state index is 12.8. The molecule has 2 amide bonds. The molecule has 2 aromatic carbocycles. The lowest BCUT2D eigenvalue weighted by Gasteiger charge is -2.28. The second kappa shape index (κ2) is 9.48. The van der Waals surface area contributed by atoms with Gasteiger partial charge in [-0.15, -0.1) is 0 Å². The average molecular weight is 404 g/mol. The Balaban J connectivity index is 2.09. The van der Waals surface area contributed by atoms with Crippen LogP contribution in [0.1, 0.15) is 25.8 Å². The first-order valence-corrected chi connectivity index (χ1v) is 10.5. The summed E-state index contributed by atoms with van der Waals surface area (Å²) in [6.45, 7) is 4.07. The van der Waals surface area contributed by atoms with E-state index in [0.29, 0.717) is 24.2 Å². The standard InChI is InChI=1S/C20H25N3O4S/c1-3-13-23(15(2)20(25)22-17-7-5-4-6-8-17)19(24)14-16-9-11-18(12-10-16)28(21,26)27/h4-12,15H,3,13-14H2,1-2H3,(H,22,25)(H2,21,26,27). The minimum Gasteiger partial charge on any atom is -0.331 e. The topological polar surface area (TPSA) is 110 Å². The van der Waals surface area contributed by atoms with Gasteiger partial charge >= 0.3 is 0 Å². The molecule has 0 saturated carbocycles. The summed E-state index contributed by atoms with van der Waals surface area (Å²) in [7, 11) is -3.78. The number of sulfonamides is 1. The van der Waals surface area contributed by atoms with Crippen LogP contribution in [0.5, 0.6) is 0 Å². The van der Waals surface area contributed by atoms with Gasteiger partial charge in [0.05, 0.1) is 11.3 Å². The number of primary sulfonamides is 1. The highest BCUT2D eigenvalue weighted by molar-refractivity contribution is 7.89. The highest BCUT2D eigenvalue weighted by atomic mass is 32.2. The van der Waals surface area contributed by atoms with E-state index in [1.54, 1.807) is 31.2 Å². The fourth-order valence-corrected chi connectivity index (χ4v) is 3.27. The lowest BCUT2D eigenvalue weighted by molar-refractivity contribution is -0.137. The lowest BCUT2D eigenvalue weighted by atomic mass is 10.1. The number of carbonyl (C=O) groups is 2. The molecule has 2 aromatic rings. The fourth-order valence-electron chi connectivity index (χ4n) is 2.76. The minimum absolute atomic E-state index is 0.00952. The van der Waals surface area contributed by atoms with Crippen LogP contribution in [0.25, 0.3) is 0 Å². The number of nitrogens with two attached hydrogens (primary N) is 1. The van der Waals surface area contributed by atoms with Crippen molar-refractivity contribution >= 4 is 27.5 Å². The van der Waals surface area contributed by atoms with Crippen LogP contribution < -0.4 is 10.5 Å². The predicted octanol–water partition coefficient (Wildman–Crippen LogP) is 2.14. The molecule has 0 aliphatic rings. The number of nitrogens with zero attached hydrogens (tertiary/aromatic N) is 1. The molecule has 0 spiro atoms. The normalized spacial score (nSPS) is 12.2. The maximum atomic E-state index is 12.8. The van der Waals surface area contributed by atoms with Crippen molar-refractivity contribution in [3.05, 3.63) is 60.2 Å². The van der Waals surface area contributed by atoms with E-state index in [4.69, 9.17) is 5.14 Å². The van der Waals surface area contributed by atoms with Crippen LogP contribution in [0.4, 0.5) is 5.69 Å². The molecule has 1 unspecified atom stereocenters. The zero-order chi connectivity index (χ0) is 20.7.